The largest absolute Gasteiger partial charge is 0.423 e. The minimum Gasteiger partial charge on any atom is -0.423 e. The number of rotatable bonds is 3. The van der Waals surface area contributed by atoms with E-state index in [-0.39, 0.29) is 6.01 Å². The summed E-state index contributed by atoms with van der Waals surface area (Å²) in [6, 6.07) is 5.15. The van der Waals surface area contributed by atoms with Crippen molar-refractivity contribution in [3.05, 3.63) is 45.7 Å². The monoisotopic (exact) mass is 302 g/mol. The summed E-state index contributed by atoms with van der Waals surface area (Å²) in [5.41, 5.74) is 1.63. The van der Waals surface area contributed by atoms with Crippen molar-refractivity contribution in [3.63, 3.8) is 0 Å². The molecule has 0 aliphatic rings. The standard InChI is InChI=1S/C12H9Cl3N2O/c1-7-8(5-13)6-16-12(17-7)18-11-4-9(14)2-3-10(11)15/h2-4,6H,5H2,1H3. The van der Waals surface area contributed by atoms with Crippen LogP contribution < -0.4 is 4.74 Å². The molecule has 0 unspecified atom stereocenters. The third kappa shape index (κ3) is 3.05. The Morgan fingerprint density at radius 3 is 2.72 bits per heavy atom. The first-order valence-electron chi connectivity index (χ1n) is 5.11. The van der Waals surface area contributed by atoms with E-state index in [1.165, 1.54) is 0 Å². The molecule has 0 atom stereocenters. The molecule has 2 rings (SSSR count). The van der Waals surface area contributed by atoms with Gasteiger partial charge in [-0.25, -0.2) is 4.98 Å². The quantitative estimate of drug-likeness (QED) is 0.776. The molecule has 0 saturated carbocycles. The Labute approximate surface area is 120 Å². The molecule has 0 aliphatic carbocycles. The molecule has 18 heavy (non-hydrogen) atoms. The van der Waals surface area contributed by atoms with Crippen molar-refractivity contribution in [2.24, 2.45) is 0 Å². The van der Waals surface area contributed by atoms with Crippen LogP contribution in [0.2, 0.25) is 10.0 Å². The number of hydrogen-bond acceptors (Lipinski definition) is 3. The lowest BCUT2D eigenvalue weighted by Crippen LogP contribution is -1.97. The second kappa shape index (κ2) is 5.74. The van der Waals surface area contributed by atoms with Gasteiger partial charge in [0.05, 0.1) is 10.9 Å². The molecular formula is C12H9Cl3N2O. The van der Waals surface area contributed by atoms with Crippen LogP contribution in [0.4, 0.5) is 0 Å². The number of benzene rings is 1. The van der Waals surface area contributed by atoms with Crippen LogP contribution in [0.15, 0.2) is 24.4 Å². The molecule has 0 spiro atoms. The molecule has 3 nitrogen and oxygen atoms in total. The predicted molar refractivity (Wildman–Crippen MR) is 72.9 cm³/mol. The lowest BCUT2D eigenvalue weighted by atomic mass is 10.3. The van der Waals surface area contributed by atoms with E-state index in [9.17, 15) is 0 Å². The van der Waals surface area contributed by atoms with E-state index in [0.29, 0.717) is 21.7 Å². The fourth-order valence-electron chi connectivity index (χ4n) is 1.30. The maximum absolute atomic E-state index is 5.98. The van der Waals surface area contributed by atoms with Gasteiger partial charge in [0.1, 0.15) is 0 Å². The number of aryl methyl sites for hydroxylation is 1. The van der Waals surface area contributed by atoms with Gasteiger partial charge in [0.2, 0.25) is 0 Å². The Morgan fingerprint density at radius 1 is 1.28 bits per heavy atom. The highest BCUT2D eigenvalue weighted by Crippen LogP contribution is 2.30. The lowest BCUT2D eigenvalue weighted by Gasteiger charge is -2.07. The normalized spacial score (nSPS) is 10.4. The average Bonchev–Trinajstić information content (AvgIpc) is 2.34. The highest BCUT2D eigenvalue weighted by atomic mass is 35.5. The molecule has 0 bridgehead atoms. The van der Waals surface area contributed by atoms with E-state index in [1.54, 1.807) is 24.4 Å². The van der Waals surface area contributed by atoms with Gasteiger partial charge in [-0.3, -0.25) is 0 Å². The van der Waals surface area contributed by atoms with E-state index in [4.69, 9.17) is 39.5 Å². The lowest BCUT2D eigenvalue weighted by molar-refractivity contribution is 0.440. The third-order valence-corrected chi connectivity index (χ3v) is 3.13. The summed E-state index contributed by atoms with van der Waals surface area (Å²) in [4.78, 5) is 8.25. The Balaban J connectivity index is 2.28. The van der Waals surface area contributed by atoms with Crippen molar-refractivity contribution in [3.8, 4) is 11.8 Å². The van der Waals surface area contributed by atoms with E-state index < -0.39 is 0 Å². The summed E-state index contributed by atoms with van der Waals surface area (Å²) < 4.78 is 5.49. The first-order valence-corrected chi connectivity index (χ1v) is 6.40. The molecule has 94 valence electrons. The highest BCUT2D eigenvalue weighted by molar-refractivity contribution is 6.34. The Bertz CT molecular complexity index is 575. The summed E-state index contributed by atoms with van der Waals surface area (Å²) >= 11 is 17.6. The number of aromatic nitrogens is 2. The SMILES string of the molecule is Cc1nc(Oc2cc(Cl)ccc2Cl)ncc1CCl. The van der Waals surface area contributed by atoms with Crippen LogP contribution in [0.25, 0.3) is 0 Å². The minimum atomic E-state index is 0.213. The van der Waals surface area contributed by atoms with Gasteiger partial charge in [-0.2, -0.15) is 4.98 Å². The number of alkyl halides is 1. The zero-order chi connectivity index (χ0) is 13.1. The van der Waals surface area contributed by atoms with Crippen LogP contribution >= 0.6 is 34.8 Å². The van der Waals surface area contributed by atoms with Gasteiger partial charge in [0.25, 0.3) is 0 Å². The Kier molecular flexibility index (Phi) is 4.27. The van der Waals surface area contributed by atoms with Crippen LogP contribution in [0, 0.1) is 6.92 Å². The second-order valence-corrected chi connectivity index (χ2v) is 4.68. The molecule has 0 amide bonds. The van der Waals surface area contributed by atoms with Crippen molar-refractivity contribution >= 4 is 34.8 Å². The first kappa shape index (κ1) is 13.4. The molecule has 2 aromatic rings. The molecular weight excluding hydrogens is 295 g/mol. The van der Waals surface area contributed by atoms with Crippen molar-refractivity contribution < 1.29 is 4.74 Å². The molecule has 0 aliphatic heterocycles. The Morgan fingerprint density at radius 2 is 2.06 bits per heavy atom. The molecule has 0 fully saturated rings. The summed E-state index contributed by atoms with van der Waals surface area (Å²) in [6.45, 7) is 1.84. The number of nitrogens with zero attached hydrogens (tertiary/aromatic N) is 2. The summed E-state index contributed by atoms with van der Waals surface area (Å²) in [7, 11) is 0. The van der Waals surface area contributed by atoms with Gasteiger partial charge in [0.15, 0.2) is 5.75 Å². The average molecular weight is 304 g/mol. The smallest absolute Gasteiger partial charge is 0.322 e. The van der Waals surface area contributed by atoms with Crippen LogP contribution in [0.3, 0.4) is 0 Å². The van der Waals surface area contributed by atoms with E-state index >= 15 is 0 Å². The number of halogens is 3. The topological polar surface area (TPSA) is 35.0 Å². The third-order valence-electron chi connectivity index (χ3n) is 2.30. The van der Waals surface area contributed by atoms with Crippen LogP contribution in [0.5, 0.6) is 11.8 Å². The molecule has 1 aromatic carbocycles. The van der Waals surface area contributed by atoms with Gasteiger partial charge in [-0.1, -0.05) is 23.2 Å². The van der Waals surface area contributed by atoms with Crippen molar-refractivity contribution in [2.75, 3.05) is 0 Å². The molecule has 0 saturated heterocycles. The maximum atomic E-state index is 5.98. The fourth-order valence-corrected chi connectivity index (χ4v) is 1.89. The maximum Gasteiger partial charge on any atom is 0.322 e. The zero-order valence-electron chi connectivity index (χ0n) is 9.45. The summed E-state index contributed by atoms with van der Waals surface area (Å²) in [5.74, 6) is 0.784. The highest BCUT2D eigenvalue weighted by Gasteiger charge is 2.08. The minimum absolute atomic E-state index is 0.213. The predicted octanol–water partition coefficient (Wildman–Crippen LogP) is 4.62. The molecule has 0 N–H and O–H groups in total. The molecule has 1 aromatic heterocycles. The van der Waals surface area contributed by atoms with Crippen LogP contribution in [-0.4, -0.2) is 9.97 Å². The van der Waals surface area contributed by atoms with Gasteiger partial charge in [0, 0.05) is 28.5 Å². The van der Waals surface area contributed by atoms with Crippen LogP contribution in [0.1, 0.15) is 11.3 Å². The van der Waals surface area contributed by atoms with Gasteiger partial charge in [-0.15, -0.1) is 11.6 Å². The van der Waals surface area contributed by atoms with E-state index in [0.717, 1.165) is 11.3 Å². The molecule has 0 radical (unpaired) electrons. The van der Waals surface area contributed by atoms with E-state index in [1.807, 2.05) is 6.92 Å². The fraction of sp³-hybridized carbons (Fsp3) is 0.167. The molecule has 1 heterocycles. The summed E-state index contributed by atoms with van der Waals surface area (Å²) in [5, 5.41) is 0.977. The number of hydrogen-bond donors (Lipinski definition) is 0. The zero-order valence-corrected chi connectivity index (χ0v) is 11.7. The number of ether oxygens (including phenoxy) is 1. The van der Waals surface area contributed by atoms with Gasteiger partial charge >= 0.3 is 6.01 Å². The van der Waals surface area contributed by atoms with Crippen molar-refractivity contribution in [1.82, 2.24) is 9.97 Å². The van der Waals surface area contributed by atoms with Gasteiger partial charge < -0.3 is 4.74 Å². The second-order valence-electron chi connectivity index (χ2n) is 3.57. The van der Waals surface area contributed by atoms with Crippen molar-refractivity contribution in [1.29, 1.82) is 0 Å². The van der Waals surface area contributed by atoms with E-state index in [2.05, 4.69) is 9.97 Å². The van der Waals surface area contributed by atoms with Crippen molar-refractivity contribution in [2.45, 2.75) is 12.8 Å². The van der Waals surface area contributed by atoms with Gasteiger partial charge in [-0.05, 0) is 19.1 Å². The Hall–Kier alpha value is -1.03. The van der Waals surface area contributed by atoms with Crippen LogP contribution in [-0.2, 0) is 5.88 Å². The first-order chi connectivity index (χ1) is 8.60. The summed E-state index contributed by atoms with van der Waals surface area (Å²) in [6.07, 6.45) is 1.63. The molecule has 6 heteroatoms.